The Bertz CT molecular complexity index is 1410. The molecule has 178 valence electrons. The molecule has 0 fully saturated rings. The molecule has 0 unspecified atom stereocenters. The number of halogens is 2. The zero-order chi connectivity index (χ0) is 24.6. The molecule has 0 aliphatic rings. The van der Waals surface area contributed by atoms with Crippen LogP contribution in [0.1, 0.15) is 37.0 Å². The van der Waals surface area contributed by atoms with Gasteiger partial charge in [-0.2, -0.15) is 5.10 Å². The first-order chi connectivity index (χ1) is 16.1. The lowest BCUT2D eigenvalue weighted by Gasteiger charge is -2.20. The number of nitrogens with zero attached hydrogens (tertiary/aromatic N) is 7. The molecule has 0 radical (unpaired) electrons. The molecule has 34 heavy (non-hydrogen) atoms. The van der Waals surface area contributed by atoms with E-state index in [-0.39, 0.29) is 17.3 Å². The maximum Gasteiger partial charge on any atom is 0.189 e. The van der Waals surface area contributed by atoms with Crippen LogP contribution >= 0.6 is 0 Å². The zero-order valence-electron chi connectivity index (χ0n) is 19.0. The Hall–Kier alpha value is -3.54. The fourth-order valence-corrected chi connectivity index (χ4v) is 5.12. The Morgan fingerprint density at radius 2 is 1.74 bits per heavy atom. The minimum absolute atomic E-state index is 0.0277. The predicted molar refractivity (Wildman–Crippen MR) is 121 cm³/mol. The van der Waals surface area contributed by atoms with Gasteiger partial charge >= 0.3 is 0 Å². The molecule has 0 spiro atoms. The van der Waals surface area contributed by atoms with Crippen LogP contribution in [0.5, 0.6) is 0 Å². The summed E-state index contributed by atoms with van der Waals surface area (Å²) in [4.78, 5) is 8.47. The Labute approximate surface area is 195 Å². The number of rotatable bonds is 7. The summed E-state index contributed by atoms with van der Waals surface area (Å²) in [5.41, 5.74) is 1.06. The quantitative estimate of drug-likeness (QED) is 0.394. The third-order valence-corrected chi connectivity index (χ3v) is 7.90. The molecule has 9 nitrogen and oxygen atoms in total. The van der Waals surface area contributed by atoms with Crippen molar-refractivity contribution < 1.29 is 17.2 Å². The average molecular weight is 488 g/mol. The number of hydrogen-bond acceptors (Lipinski definition) is 7. The van der Waals surface area contributed by atoms with Crippen LogP contribution in [-0.2, 0) is 22.6 Å². The van der Waals surface area contributed by atoms with E-state index in [9.17, 15) is 17.2 Å². The molecule has 0 aliphatic heterocycles. The summed E-state index contributed by atoms with van der Waals surface area (Å²) in [7, 11) is -2.18. The number of hydrogen-bond donors (Lipinski definition) is 0. The maximum absolute atomic E-state index is 14.8. The molecule has 4 rings (SSSR count). The Balaban J connectivity index is 1.77. The number of aryl methyl sites for hydroxylation is 2. The van der Waals surface area contributed by atoms with Gasteiger partial charge in [0.25, 0.3) is 0 Å². The van der Waals surface area contributed by atoms with Gasteiger partial charge in [-0.15, -0.1) is 10.2 Å². The molecule has 0 bridgehead atoms. The van der Waals surface area contributed by atoms with Crippen LogP contribution in [0.25, 0.3) is 17.2 Å². The SMILES string of the molecule is Cc1cnc([C@@H](C)[C@H](C)S(=O)(=O)Cc2nnc(-c3ccn(C)n3)n2-c2c(F)cccc2F)cn1. The number of sulfone groups is 1. The van der Waals surface area contributed by atoms with Crippen molar-refractivity contribution in [2.75, 3.05) is 0 Å². The summed E-state index contributed by atoms with van der Waals surface area (Å²) in [6.07, 6.45) is 4.75. The molecule has 1 aromatic carbocycles. The highest BCUT2D eigenvalue weighted by Crippen LogP contribution is 2.29. The van der Waals surface area contributed by atoms with Crippen LogP contribution in [0.3, 0.4) is 0 Å². The highest BCUT2D eigenvalue weighted by Gasteiger charge is 2.32. The number of para-hydroxylation sites is 1. The lowest BCUT2D eigenvalue weighted by molar-refractivity contribution is 0.557. The van der Waals surface area contributed by atoms with Crippen molar-refractivity contribution >= 4 is 9.84 Å². The van der Waals surface area contributed by atoms with Gasteiger partial charge in [0.2, 0.25) is 0 Å². The molecule has 0 N–H and O–H groups in total. The number of benzene rings is 1. The van der Waals surface area contributed by atoms with Gasteiger partial charge in [0.05, 0.1) is 16.6 Å². The first-order valence-corrected chi connectivity index (χ1v) is 12.2. The Morgan fingerprint density at radius 1 is 1.03 bits per heavy atom. The topological polar surface area (TPSA) is 108 Å². The molecular formula is C22H23F2N7O2S. The summed E-state index contributed by atoms with van der Waals surface area (Å²) in [6, 6.07) is 4.99. The van der Waals surface area contributed by atoms with Crippen LogP contribution in [-0.4, -0.2) is 48.2 Å². The van der Waals surface area contributed by atoms with E-state index in [2.05, 4.69) is 25.3 Å². The smallest absolute Gasteiger partial charge is 0.189 e. The highest BCUT2D eigenvalue weighted by molar-refractivity contribution is 7.91. The number of aromatic nitrogens is 7. The van der Waals surface area contributed by atoms with Gasteiger partial charge in [-0.25, -0.2) is 17.2 Å². The van der Waals surface area contributed by atoms with E-state index in [1.54, 1.807) is 52.5 Å². The van der Waals surface area contributed by atoms with Crippen LogP contribution in [0, 0.1) is 18.6 Å². The highest BCUT2D eigenvalue weighted by atomic mass is 32.2. The standard InChI is InChI=1S/C22H23F2N7O2S/c1-13-10-26-19(11-25-13)14(2)15(3)34(32,33)12-20-27-28-22(18-8-9-30(4)29-18)31(20)21-16(23)6-5-7-17(21)24/h5-11,14-15H,12H2,1-4H3/t14-,15-/m0/s1. The molecular weight excluding hydrogens is 464 g/mol. The molecule has 0 amide bonds. The van der Waals surface area contributed by atoms with Gasteiger partial charge in [0.1, 0.15) is 28.8 Å². The van der Waals surface area contributed by atoms with Crippen molar-refractivity contribution in [1.82, 2.24) is 34.5 Å². The van der Waals surface area contributed by atoms with E-state index in [0.29, 0.717) is 11.4 Å². The lowest BCUT2D eigenvalue weighted by Crippen LogP contribution is -2.27. The van der Waals surface area contributed by atoms with Crippen molar-refractivity contribution in [1.29, 1.82) is 0 Å². The summed E-state index contributed by atoms with van der Waals surface area (Å²) in [5.74, 6) is -2.93. The Kier molecular flexibility index (Phi) is 6.26. The molecule has 3 aromatic heterocycles. The van der Waals surface area contributed by atoms with Crippen LogP contribution < -0.4 is 0 Å². The Morgan fingerprint density at radius 3 is 2.32 bits per heavy atom. The molecule has 0 saturated heterocycles. The van der Waals surface area contributed by atoms with Gasteiger partial charge < -0.3 is 0 Å². The minimum atomic E-state index is -3.85. The van der Waals surface area contributed by atoms with Crippen LogP contribution in [0.2, 0.25) is 0 Å². The maximum atomic E-state index is 14.8. The van der Waals surface area contributed by atoms with Gasteiger partial charge in [-0.05, 0) is 32.0 Å². The average Bonchev–Trinajstić information content (AvgIpc) is 3.39. The van der Waals surface area contributed by atoms with E-state index < -0.39 is 44.1 Å². The van der Waals surface area contributed by atoms with E-state index in [1.165, 1.54) is 10.7 Å². The second kappa shape index (κ2) is 9.01. The minimum Gasteiger partial charge on any atom is -0.275 e. The van der Waals surface area contributed by atoms with Crippen molar-refractivity contribution in [2.24, 2.45) is 7.05 Å². The molecule has 4 aromatic rings. The van der Waals surface area contributed by atoms with Crippen molar-refractivity contribution in [3.63, 3.8) is 0 Å². The van der Waals surface area contributed by atoms with Crippen LogP contribution in [0.4, 0.5) is 8.78 Å². The predicted octanol–water partition coefficient (Wildman–Crippen LogP) is 3.15. The second-order valence-corrected chi connectivity index (χ2v) is 10.5. The van der Waals surface area contributed by atoms with Crippen molar-refractivity contribution in [3.8, 4) is 17.2 Å². The third kappa shape index (κ3) is 4.45. The van der Waals surface area contributed by atoms with Gasteiger partial charge in [-0.3, -0.25) is 19.2 Å². The summed E-state index contributed by atoms with van der Waals surface area (Å²) >= 11 is 0. The normalized spacial score (nSPS) is 13.7. The third-order valence-electron chi connectivity index (χ3n) is 5.70. The monoisotopic (exact) mass is 487 g/mol. The first kappa shape index (κ1) is 23.6. The van der Waals surface area contributed by atoms with E-state index in [4.69, 9.17) is 0 Å². The second-order valence-electron chi connectivity index (χ2n) is 8.10. The van der Waals surface area contributed by atoms with E-state index in [0.717, 1.165) is 16.7 Å². The molecule has 0 aliphatic carbocycles. The van der Waals surface area contributed by atoms with Gasteiger partial charge in [0, 0.05) is 31.6 Å². The lowest BCUT2D eigenvalue weighted by atomic mass is 10.1. The zero-order valence-corrected chi connectivity index (χ0v) is 19.8. The van der Waals surface area contributed by atoms with Crippen molar-refractivity contribution in [2.45, 2.75) is 37.7 Å². The largest absolute Gasteiger partial charge is 0.275 e. The molecule has 2 atom stereocenters. The van der Waals surface area contributed by atoms with Crippen molar-refractivity contribution in [3.05, 3.63) is 71.7 Å². The molecule has 0 saturated carbocycles. The van der Waals surface area contributed by atoms with Crippen LogP contribution in [0.15, 0.2) is 42.9 Å². The molecule has 12 heteroatoms. The molecule has 3 heterocycles. The summed E-state index contributed by atoms with van der Waals surface area (Å²) < 4.78 is 58.8. The summed E-state index contributed by atoms with van der Waals surface area (Å²) in [5, 5.41) is 11.4. The van der Waals surface area contributed by atoms with Gasteiger partial charge in [-0.1, -0.05) is 13.0 Å². The first-order valence-electron chi connectivity index (χ1n) is 10.5. The fraction of sp³-hybridized carbons (Fsp3) is 0.318. The fourth-order valence-electron chi connectivity index (χ4n) is 3.55. The van der Waals surface area contributed by atoms with Gasteiger partial charge in [0.15, 0.2) is 21.5 Å². The van der Waals surface area contributed by atoms with E-state index in [1.807, 2.05) is 0 Å². The van der Waals surface area contributed by atoms with E-state index >= 15 is 0 Å². The summed E-state index contributed by atoms with van der Waals surface area (Å²) in [6.45, 7) is 5.09.